The van der Waals surface area contributed by atoms with Gasteiger partial charge in [0, 0.05) is 11.6 Å². The number of nitrogens with zero attached hydrogens (tertiary/aromatic N) is 2. The number of aromatic nitrogens is 2. The Labute approximate surface area is 82.4 Å². The number of hydrogen-bond donors (Lipinski definition) is 0. The minimum Gasteiger partial charge on any atom is -0.495 e. The maximum absolute atomic E-state index is 5.07. The Morgan fingerprint density at radius 1 is 1.14 bits per heavy atom. The molecule has 1 heterocycles. The molecule has 0 saturated carbocycles. The van der Waals surface area contributed by atoms with E-state index in [-0.39, 0.29) is 0 Å². The Hall–Kier alpha value is -1.90. The van der Waals surface area contributed by atoms with Crippen molar-refractivity contribution in [2.45, 2.75) is 0 Å². The van der Waals surface area contributed by atoms with E-state index in [1.54, 1.807) is 13.3 Å². The summed E-state index contributed by atoms with van der Waals surface area (Å²) in [4.78, 5) is 0. The van der Waals surface area contributed by atoms with E-state index in [0.717, 1.165) is 17.0 Å². The Balaban J connectivity index is 2.42. The van der Waals surface area contributed by atoms with Crippen molar-refractivity contribution < 1.29 is 4.74 Å². The molecule has 1 aromatic heterocycles. The van der Waals surface area contributed by atoms with Gasteiger partial charge in [0.1, 0.15) is 5.75 Å². The van der Waals surface area contributed by atoms with Crippen LogP contribution in [0.3, 0.4) is 0 Å². The van der Waals surface area contributed by atoms with Gasteiger partial charge in [-0.2, -0.15) is 10.2 Å². The van der Waals surface area contributed by atoms with Gasteiger partial charge >= 0.3 is 0 Å². The van der Waals surface area contributed by atoms with Gasteiger partial charge in [0.15, 0.2) is 0 Å². The minimum absolute atomic E-state index is 0.721. The first-order chi connectivity index (χ1) is 6.90. The van der Waals surface area contributed by atoms with Crippen LogP contribution in [0.5, 0.6) is 5.75 Å². The Kier molecular flexibility index (Phi) is 2.40. The first-order valence-corrected chi connectivity index (χ1v) is 4.32. The zero-order valence-corrected chi connectivity index (χ0v) is 7.84. The molecular formula is C11H10N2O. The summed E-state index contributed by atoms with van der Waals surface area (Å²) in [5, 5.41) is 7.88. The number of hydrogen-bond acceptors (Lipinski definition) is 3. The Morgan fingerprint density at radius 3 is 2.64 bits per heavy atom. The van der Waals surface area contributed by atoms with Gasteiger partial charge in [0.25, 0.3) is 0 Å². The first kappa shape index (κ1) is 8.69. The van der Waals surface area contributed by atoms with Gasteiger partial charge in [-0.3, -0.25) is 0 Å². The van der Waals surface area contributed by atoms with E-state index < -0.39 is 0 Å². The third kappa shape index (κ3) is 1.71. The fourth-order valence-corrected chi connectivity index (χ4v) is 1.21. The van der Waals surface area contributed by atoms with Crippen molar-refractivity contribution in [1.82, 2.24) is 10.2 Å². The van der Waals surface area contributed by atoms with Crippen LogP contribution in [-0.4, -0.2) is 17.3 Å². The van der Waals surface area contributed by atoms with E-state index in [1.165, 1.54) is 0 Å². The number of rotatable bonds is 2. The Bertz CT molecular complexity index is 415. The van der Waals surface area contributed by atoms with Crippen molar-refractivity contribution in [2.24, 2.45) is 0 Å². The molecule has 0 aliphatic carbocycles. The lowest BCUT2D eigenvalue weighted by Crippen LogP contribution is -1.90. The van der Waals surface area contributed by atoms with Crippen LogP contribution in [-0.2, 0) is 0 Å². The molecule has 3 heteroatoms. The Morgan fingerprint density at radius 2 is 1.93 bits per heavy atom. The summed E-state index contributed by atoms with van der Waals surface area (Å²) in [7, 11) is 1.62. The molecule has 1 aromatic carbocycles. The van der Waals surface area contributed by atoms with Crippen molar-refractivity contribution in [2.75, 3.05) is 7.11 Å². The molecule has 0 aliphatic rings. The van der Waals surface area contributed by atoms with E-state index in [2.05, 4.69) is 10.2 Å². The molecule has 14 heavy (non-hydrogen) atoms. The molecule has 0 aliphatic heterocycles. The maximum Gasteiger partial charge on any atom is 0.141 e. The fourth-order valence-electron chi connectivity index (χ4n) is 1.21. The molecule has 0 amide bonds. The average molecular weight is 186 g/mol. The van der Waals surface area contributed by atoms with E-state index in [9.17, 15) is 0 Å². The molecule has 0 spiro atoms. The lowest BCUT2D eigenvalue weighted by atomic mass is 10.1. The van der Waals surface area contributed by atoms with Crippen molar-refractivity contribution in [1.29, 1.82) is 0 Å². The van der Waals surface area contributed by atoms with Crippen LogP contribution in [0.4, 0.5) is 0 Å². The largest absolute Gasteiger partial charge is 0.495 e. The van der Waals surface area contributed by atoms with Gasteiger partial charge < -0.3 is 4.74 Å². The lowest BCUT2D eigenvalue weighted by Gasteiger charge is -2.01. The van der Waals surface area contributed by atoms with Gasteiger partial charge in [-0.25, -0.2) is 0 Å². The maximum atomic E-state index is 5.07. The van der Waals surface area contributed by atoms with Crippen LogP contribution in [0.1, 0.15) is 0 Å². The first-order valence-electron chi connectivity index (χ1n) is 4.32. The van der Waals surface area contributed by atoms with Crippen LogP contribution in [0, 0.1) is 0 Å². The highest BCUT2D eigenvalue weighted by Gasteiger charge is 2.00. The van der Waals surface area contributed by atoms with Gasteiger partial charge in [-0.15, -0.1) is 0 Å². The van der Waals surface area contributed by atoms with E-state index in [0.29, 0.717) is 0 Å². The number of methoxy groups -OCH3 is 1. The highest BCUT2D eigenvalue weighted by Crippen LogP contribution is 2.19. The summed E-state index contributed by atoms with van der Waals surface area (Å²) < 4.78 is 5.07. The van der Waals surface area contributed by atoms with E-state index in [1.807, 2.05) is 36.4 Å². The molecule has 0 saturated heterocycles. The third-order valence-corrected chi connectivity index (χ3v) is 1.93. The predicted octanol–water partition coefficient (Wildman–Crippen LogP) is 2.15. The predicted molar refractivity (Wildman–Crippen MR) is 54.0 cm³/mol. The number of ether oxygens (including phenoxy) is 1. The molecule has 3 nitrogen and oxygen atoms in total. The standard InChI is InChI=1S/C11H10N2O/c1-14-10-7-11(13-12-8-10)9-5-3-2-4-6-9/h2-8H,1H3. The molecule has 0 fully saturated rings. The van der Waals surface area contributed by atoms with Crippen molar-refractivity contribution in [3.63, 3.8) is 0 Å². The molecule has 70 valence electrons. The summed E-state index contributed by atoms with van der Waals surface area (Å²) in [5.74, 6) is 0.721. The molecule has 2 aromatic rings. The van der Waals surface area contributed by atoms with Crippen molar-refractivity contribution in [3.05, 3.63) is 42.6 Å². The molecule has 2 rings (SSSR count). The summed E-state index contributed by atoms with van der Waals surface area (Å²) in [6.07, 6.45) is 1.59. The second kappa shape index (κ2) is 3.87. The van der Waals surface area contributed by atoms with Gasteiger partial charge in [0.2, 0.25) is 0 Å². The van der Waals surface area contributed by atoms with Crippen molar-refractivity contribution >= 4 is 0 Å². The average Bonchev–Trinajstić information content (AvgIpc) is 2.30. The lowest BCUT2D eigenvalue weighted by molar-refractivity contribution is 0.412. The SMILES string of the molecule is COc1cnnc(-c2ccccc2)c1. The molecular weight excluding hydrogens is 176 g/mol. The monoisotopic (exact) mass is 186 g/mol. The zero-order valence-electron chi connectivity index (χ0n) is 7.84. The highest BCUT2D eigenvalue weighted by molar-refractivity contribution is 5.59. The normalized spacial score (nSPS) is 9.79. The van der Waals surface area contributed by atoms with Crippen LogP contribution in [0.25, 0.3) is 11.3 Å². The second-order valence-electron chi connectivity index (χ2n) is 2.85. The molecule has 0 atom stereocenters. The summed E-state index contributed by atoms with van der Waals surface area (Å²) in [5.41, 5.74) is 1.86. The van der Waals surface area contributed by atoms with Crippen LogP contribution < -0.4 is 4.74 Å². The molecule has 0 bridgehead atoms. The van der Waals surface area contributed by atoms with E-state index >= 15 is 0 Å². The quantitative estimate of drug-likeness (QED) is 0.720. The summed E-state index contributed by atoms with van der Waals surface area (Å²) in [6, 6.07) is 11.7. The smallest absolute Gasteiger partial charge is 0.141 e. The minimum atomic E-state index is 0.721. The number of benzene rings is 1. The van der Waals surface area contributed by atoms with Crippen LogP contribution in [0.15, 0.2) is 42.6 Å². The fraction of sp³-hybridized carbons (Fsp3) is 0.0909. The summed E-state index contributed by atoms with van der Waals surface area (Å²) in [6.45, 7) is 0. The molecule has 0 radical (unpaired) electrons. The van der Waals surface area contributed by atoms with E-state index in [4.69, 9.17) is 4.74 Å². The topological polar surface area (TPSA) is 35.0 Å². The summed E-state index contributed by atoms with van der Waals surface area (Å²) >= 11 is 0. The van der Waals surface area contributed by atoms with Gasteiger partial charge in [-0.1, -0.05) is 30.3 Å². The molecule has 0 N–H and O–H groups in total. The third-order valence-electron chi connectivity index (χ3n) is 1.93. The zero-order chi connectivity index (χ0) is 9.80. The highest BCUT2D eigenvalue weighted by atomic mass is 16.5. The second-order valence-corrected chi connectivity index (χ2v) is 2.85. The molecule has 0 unspecified atom stereocenters. The van der Waals surface area contributed by atoms with Crippen LogP contribution >= 0.6 is 0 Å². The van der Waals surface area contributed by atoms with Gasteiger partial charge in [-0.05, 0) is 0 Å². The van der Waals surface area contributed by atoms with Crippen LogP contribution in [0.2, 0.25) is 0 Å². The van der Waals surface area contributed by atoms with Crippen molar-refractivity contribution in [3.8, 4) is 17.0 Å². The van der Waals surface area contributed by atoms with Gasteiger partial charge in [0.05, 0.1) is 19.0 Å².